The summed E-state index contributed by atoms with van der Waals surface area (Å²) < 4.78 is 11.2. The van der Waals surface area contributed by atoms with Crippen molar-refractivity contribution in [2.45, 2.75) is 44.1 Å². The van der Waals surface area contributed by atoms with Crippen LogP contribution in [0, 0.1) is 5.92 Å². The summed E-state index contributed by atoms with van der Waals surface area (Å²) in [5, 5.41) is 0. The summed E-state index contributed by atoms with van der Waals surface area (Å²) in [6, 6.07) is 0. The molecule has 0 aromatic carbocycles. The van der Waals surface area contributed by atoms with Gasteiger partial charge in [0.25, 0.3) is 0 Å². The highest BCUT2D eigenvalue weighted by Crippen LogP contribution is 2.32. The van der Waals surface area contributed by atoms with Gasteiger partial charge in [-0.2, -0.15) is 0 Å². The summed E-state index contributed by atoms with van der Waals surface area (Å²) >= 11 is 0. The third-order valence-corrected chi connectivity index (χ3v) is 3.39. The lowest BCUT2D eigenvalue weighted by Crippen LogP contribution is -2.38. The molecule has 0 amide bonds. The number of nitrogens with two attached hydrogens (primary N) is 1. The molecular formula is C11H21NO2. The van der Waals surface area contributed by atoms with Gasteiger partial charge in [-0.25, -0.2) is 0 Å². The SMILES string of the molecule is NCC1(OCOCC2CC2)CCCC1. The second-order valence-corrected chi connectivity index (χ2v) is 4.67. The summed E-state index contributed by atoms with van der Waals surface area (Å²) in [4.78, 5) is 0. The highest BCUT2D eigenvalue weighted by Gasteiger charge is 2.33. The fourth-order valence-electron chi connectivity index (χ4n) is 2.09. The Morgan fingerprint density at radius 1 is 1.21 bits per heavy atom. The smallest absolute Gasteiger partial charge is 0.147 e. The lowest BCUT2D eigenvalue weighted by Gasteiger charge is -2.27. The normalized spacial score (nSPS) is 25.5. The average Bonchev–Trinajstić information content (AvgIpc) is 2.92. The van der Waals surface area contributed by atoms with Crippen molar-refractivity contribution in [1.29, 1.82) is 0 Å². The monoisotopic (exact) mass is 199 g/mol. The Morgan fingerprint density at radius 3 is 2.50 bits per heavy atom. The first-order chi connectivity index (χ1) is 6.85. The van der Waals surface area contributed by atoms with Gasteiger partial charge >= 0.3 is 0 Å². The molecule has 14 heavy (non-hydrogen) atoms. The Hall–Kier alpha value is -0.120. The van der Waals surface area contributed by atoms with E-state index in [0.717, 1.165) is 25.4 Å². The van der Waals surface area contributed by atoms with E-state index >= 15 is 0 Å². The highest BCUT2D eigenvalue weighted by atomic mass is 16.7. The Kier molecular flexibility index (Phi) is 3.42. The van der Waals surface area contributed by atoms with Gasteiger partial charge in [0.15, 0.2) is 0 Å². The molecule has 0 atom stereocenters. The molecule has 82 valence electrons. The van der Waals surface area contributed by atoms with Crippen LogP contribution in [-0.4, -0.2) is 25.5 Å². The maximum atomic E-state index is 5.77. The van der Waals surface area contributed by atoms with Gasteiger partial charge in [-0.15, -0.1) is 0 Å². The van der Waals surface area contributed by atoms with E-state index in [-0.39, 0.29) is 5.60 Å². The van der Waals surface area contributed by atoms with E-state index in [1.165, 1.54) is 25.7 Å². The van der Waals surface area contributed by atoms with Crippen molar-refractivity contribution in [2.24, 2.45) is 11.7 Å². The maximum Gasteiger partial charge on any atom is 0.147 e. The Morgan fingerprint density at radius 2 is 1.93 bits per heavy atom. The predicted molar refractivity (Wildman–Crippen MR) is 54.9 cm³/mol. The first-order valence-electron chi connectivity index (χ1n) is 5.76. The molecule has 2 fully saturated rings. The minimum atomic E-state index is -0.0520. The molecule has 2 N–H and O–H groups in total. The van der Waals surface area contributed by atoms with E-state index in [2.05, 4.69) is 0 Å². The molecule has 0 radical (unpaired) electrons. The molecule has 0 heterocycles. The van der Waals surface area contributed by atoms with Crippen molar-refractivity contribution >= 4 is 0 Å². The van der Waals surface area contributed by atoms with Crippen molar-refractivity contribution in [3.05, 3.63) is 0 Å². The van der Waals surface area contributed by atoms with Crippen molar-refractivity contribution in [2.75, 3.05) is 19.9 Å². The molecule has 2 aliphatic rings. The van der Waals surface area contributed by atoms with Gasteiger partial charge in [0.2, 0.25) is 0 Å². The van der Waals surface area contributed by atoms with Crippen molar-refractivity contribution < 1.29 is 9.47 Å². The zero-order chi connectivity index (χ0) is 9.86. The van der Waals surface area contributed by atoms with Crippen LogP contribution in [0.15, 0.2) is 0 Å². The van der Waals surface area contributed by atoms with Crippen LogP contribution >= 0.6 is 0 Å². The molecule has 2 saturated carbocycles. The van der Waals surface area contributed by atoms with Gasteiger partial charge in [-0.1, -0.05) is 12.8 Å². The van der Waals surface area contributed by atoms with Crippen molar-refractivity contribution in [3.63, 3.8) is 0 Å². The highest BCUT2D eigenvalue weighted by molar-refractivity contribution is 4.86. The molecule has 3 heteroatoms. The van der Waals surface area contributed by atoms with Crippen LogP contribution in [0.25, 0.3) is 0 Å². The second kappa shape index (κ2) is 4.60. The van der Waals surface area contributed by atoms with Gasteiger partial charge in [0.05, 0.1) is 12.2 Å². The quantitative estimate of drug-likeness (QED) is 0.522. The van der Waals surface area contributed by atoms with Gasteiger partial charge < -0.3 is 15.2 Å². The number of rotatable bonds is 6. The lowest BCUT2D eigenvalue weighted by atomic mass is 10.0. The first kappa shape index (κ1) is 10.4. The van der Waals surface area contributed by atoms with E-state index in [4.69, 9.17) is 15.2 Å². The molecule has 0 aromatic rings. The predicted octanol–water partition coefficient (Wildman–Crippen LogP) is 1.66. The summed E-state index contributed by atoms with van der Waals surface area (Å²) in [5.41, 5.74) is 5.69. The van der Waals surface area contributed by atoms with Crippen LogP contribution in [0.5, 0.6) is 0 Å². The lowest BCUT2D eigenvalue weighted by molar-refractivity contribution is -0.137. The van der Waals surface area contributed by atoms with Gasteiger partial charge in [-0.3, -0.25) is 0 Å². The zero-order valence-corrected chi connectivity index (χ0v) is 8.84. The molecule has 0 bridgehead atoms. The molecule has 0 aromatic heterocycles. The molecule has 3 nitrogen and oxygen atoms in total. The van der Waals surface area contributed by atoms with E-state index in [0.29, 0.717) is 13.3 Å². The first-order valence-corrected chi connectivity index (χ1v) is 5.76. The van der Waals surface area contributed by atoms with Crippen LogP contribution < -0.4 is 5.73 Å². The summed E-state index contributed by atoms with van der Waals surface area (Å²) in [7, 11) is 0. The number of ether oxygens (including phenoxy) is 2. The second-order valence-electron chi connectivity index (χ2n) is 4.67. The average molecular weight is 199 g/mol. The third kappa shape index (κ3) is 2.69. The minimum Gasteiger partial charge on any atom is -0.355 e. The van der Waals surface area contributed by atoms with E-state index in [9.17, 15) is 0 Å². The standard InChI is InChI=1S/C11H21NO2/c12-8-11(5-1-2-6-11)14-9-13-7-10-3-4-10/h10H,1-9,12H2. The summed E-state index contributed by atoms with van der Waals surface area (Å²) in [6.45, 7) is 1.95. The topological polar surface area (TPSA) is 44.5 Å². The summed E-state index contributed by atoms with van der Waals surface area (Å²) in [6.07, 6.45) is 7.39. The molecule has 2 rings (SSSR count). The van der Waals surface area contributed by atoms with Crippen LogP contribution in [0.2, 0.25) is 0 Å². The van der Waals surface area contributed by atoms with Crippen LogP contribution in [0.3, 0.4) is 0 Å². The minimum absolute atomic E-state index is 0.0520. The van der Waals surface area contributed by atoms with Crippen molar-refractivity contribution in [1.82, 2.24) is 0 Å². The Bertz CT molecular complexity index is 174. The fourth-order valence-corrected chi connectivity index (χ4v) is 2.09. The van der Waals surface area contributed by atoms with Crippen LogP contribution in [0.4, 0.5) is 0 Å². The van der Waals surface area contributed by atoms with E-state index in [1.807, 2.05) is 0 Å². The number of hydrogen-bond donors (Lipinski definition) is 1. The molecule has 0 unspecified atom stereocenters. The van der Waals surface area contributed by atoms with Gasteiger partial charge in [0, 0.05) is 6.54 Å². The largest absolute Gasteiger partial charge is 0.355 e. The molecular weight excluding hydrogens is 178 g/mol. The Labute approximate surface area is 85.9 Å². The van der Waals surface area contributed by atoms with Gasteiger partial charge in [-0.05, 0) is 31.6 Å². The van der Waals surface area contributed by atoms with Crippen LogP contribution in [-0.2, 0) is 9.47 Å². The van der Waals surface area contributed by atoms with Crippen molar-refractivity contribution in [3.8, 4) is 0 Å². The van der Waals surface area contributed by atoms with Gasteiger partial charge in [0.1, 0.15) is 6.79 Å². The van der Waals surface area contributed by atoms with Crippen LogP contribution in [0.1, 0.15) is 38.5 Å². The fraction of sp³-hybridized carbons (Fsp3) is 1.00. The maximum absolute atomic E-state index is 5.77. The third-order valence-electron chi connectivity index (χ3n) is 3.39. The summed E-state index contributed by atoms with van der Waals surface area (Å²) in [5.74, 6) is 0.816. The molecule has 0 spiro atoms. The molecule has 2 aliphatic carbocycles. The van der Waals surface area contributed by atoms with E-state index in [1.54, 1.807) is 0 Å². The van der Waals surface area contributed by atoms with E-state index < -0.39 is 0 Å². The molecule has 0 aliphatic heterocycles. The number of hydrogen-bond acceptors (Lipinski definition) is 3. The zero-order valence-electron chi connectivity index (χ0n) is 8.84. The molecule has 0 saturated heterocycles. The Balaban J connectivity index is 1.61.